The lowest BCUT2D eigenvalue weighted by atomic mass is 10.1. The average Bonchev–Trinajstić information content (AvgIpc) is 2.69. The molecule has 136 valence electrons. The van der Waals surface area contributed by atoms with Crippen molar-refractivity contribution in [3.63, 3.8) is 0 Å². The van der Waals surface area contributed by atoms with E-state index in [0.717, 1.165) is 5.69 Å². The highest BCUT2D eigenvalue weighted by Gasteiger charge is 2.18. The first-order valence-electron chi connectivity index (χ1n) is 8.47. The van der Waals surface area contributed by atoms with Crippen LogP contribution in [0.4, 0.5) is 15.8 Å². The van der Waals surface area contributed by atoms with Gasteiger partial charge >= 0.3 is 0 Å². The van der Waals surface area contributed by atoms with E-state index in [1.54, 1.807) is 11.0 Å². The molecule has 0 bridgehead atoms. The molecule has 0 saturated heterocycles. The van der Waals surface area contributed by atoms with E-state index >= 15 is 0 Å². The lowest BCUT2D eigenvalue weighted by Gasteiger charge is -2.21. The molecule has 0 saturated carbocycles. The van der Waals surface area contributed by atoms with Crippen LogP contribution in [0.3, 0.4) is 0 Å². The summed E-state index contributed by atoms with van der Waals surface area (Å²) in [5.74, 6) is -1.17. The first-order chi connectivity index (χ1) is 13.1. The van der Waals surface area contributed by atoms with E-state index < -0.39 is 11.7 Å². The molecule has 0 fully saturated rings. The van der Waals surface area contributed by atoms with E-state index in [0.29, 0.717) is 17.8 Å². The smallest absolute Gasteiger partial charge is 0.259 e. The molecular formula is C21H18FN3O2. The molecule has 0 radical (unpaired) electrons. The molecule has 1 N–H and O–H groups in total. The Bertz CT molecular complexity index is 960. The molecule has 0 aliphatic rings. The number of para-hydroxylation sites is 1. The number of anilines is 2. The molecular weight excluding hydrogens is 345 g/mol. The molecule has 2 aromatic carbocycles. The second kappa shape index (κ2) is 8.23. The number of carbonyl (C=O) groups excluding carboxylic acids is 2. The Morgan fingerprint density at radius 3 is 2.44 bits per heavy atom. The fourth-order valence-electron chi connectivity index (χ4n) is 2.66. The first kappa shape index (κ1) is 18.3. The third-order valence-corrected chi connectivity index (χ3v) is 3.96. The van der Waals surface area contributed by atoms with E-state index in [-0.39, 0.29) is 11.5 Å². The number of nitrogens with zero attached hydrogens (tertiary/aromatic N) is 2. The van der Waals surface area contributed by atoms with E-state index in [1.807, 2.05) is 37.3 Å². The molecule has 6 heteroatoms. The van der Waals surface area contributed by atoms with Crippen LogP contribution < -0.4 is 10.2 Å². The fourth-order valence-corrected chi connectivity index (χ4v) is 2.66. The minimum absolute atomic E-state index is 0.217. The van der Waals surface area contributed by atoms with Gasteiger partial charge in [-0.3, -0.25) is 14.6 Å². The lowest BCUT2D eigenvalue weighted by Crippen LogP contribution is -2.31. The second-order valence-electron chi connectivity index (χ2n) is 5.81. The maximum Gasteiger partial charge on any atom is 0.259 e. The van der Waals surface area contributed by atoms with Crippen molar-refractivity contribution in [1.82, 2.24) is 4.98 Å². The van der Waals surface area contributed by atoms with Gasteiger partial charge in [0, 0.05) is 30.3 Å². The van der Waals surface area contributed by atoms with Gasteiger partial charge in [0.25, 0.3) is 11.8 Å². The number of hydrogen-bond acceptors (Lipinski definition) is 3. The van der Waals surface area contributed by atoms with Crippen molar-refractivity contribution in [1.29, 1.82) is 0 Å². The van der Waals surface area contributed by atoms with Crippen LogP contribution >= 0.6 is 0 Å². The topological polar surface area (TPSA) is 62.3 Å². The summed E-state index contributed by atoms with van der Waals surface area (Å²) >= 11 is 0. The van der Waals surface area contributed by atoms with Crippen LogP contribution in [0.25, 0.3) is 0 Å². The maximum absolute atomic E-state index is 13.3. The Labute approximate surface area is 156 Å². The molecule has 5 nitrogen and oxygen atoms in total. The van der Waals surface area contributed by atoms with E-state index in [1.165, 1.54) is 36.7 Å². The van der Waals surface area contributed by atoms with Gasteiger partial charge in [-0.05, 0) is 43.3 Å². The van der Waals surface area contributed by atoms with Crippen molar-refractivity contribution in [3.8, 4) is 0 Å². The third-order valence-electron chi connectivity index (χ3n) is 3.96. The Kier molecular flexibility index (Phi) is 5.56. The molecule has 3 rings (SSSR count). The van der Waals surface area contributed by atoms with Crippen molar-refractivity contribution >= 4 is 23.2 Å². The molecule has 0 atom stereocenters. The quantitative estimate of drug-likeness (QED) is 0.741. The zero-order valence-electron chi connectivity index (χ0n) is 14.7. The number of aromatic nitrogens is 1. The van der Waals surface area contributed by atoms with Gasteiger partial charge in [-0.15, -0.1) is 0 Å². The number of rotatable bonds is 5. The van der Waals surface area contributed by atoms with Crippen LogP contribution in [0, 0.1) is 5.82 Å². The molecule has 3 aromatic rings. The summed E-state index contributed by atoms with van der Waals surface area (Å²) in [5, 5.41) is 2.60. The summed E-state index contributed by atoms with van der Waals surface area (Å²) in [6.45, 7) is 2.35. The largest absolute Gasteiger partial charge is 0.322 e. The SMILES string of the molecule is CCN(C(=O)c1cncc(C(=O)Nc2cccc(F)c2)c1)c1ccccc1. The van der Waals surface area contributed by atoms with E-state index in [9.17, 15) is 14.0 Å². The number of halogens is 1. The molecule has 2 amide bonds. The van der Waals surface area contributed by atoms with Gasteiger partial charge in [-0.2, -0.15) is 0 Å². The predicted molar refractivity (Wildman–Crippen MR) is 102 cm³/mol. The first-order valence-corrected chi connectivity index (χ1v) is 8.47. The van der Waals surface area contributed by atoms with Gasteiger partial charge in [-0.1, -0.05) is 24.3 Å². The van der Waals surface area contributed by atoms with Gasteiger partial charge in [0.05, 0.1) is 11.1 Å². The van der Waals surface area contributed by atoms with Gasteiger partial charge in [0.1, 0.15) is 5.82 Å². The molecule has 0 aliphatic carbocycles. The predicted octanol–water partition coefficient (Wildman–Crippen LogP) is 4.14. The summed E-state index contributed by atoms with van der Waals surface area (Å²) in [6.07, 6.45) is 2.79. The highest BCUT2D eigenvalue weighted by molar-refractivity contribution is 6.09. The van der Waals surface area contributed by atoms with Crippen molar-refractivity contribution in [2.75, 3.05) is 16.8 Å². The molecule has 1 aromatic heterocycles. The maximum atomic E-state index is 13.3. The minimum Gasteiger partial charge on any atom is -0.322 e. The fraction of sp³-hybridized carbons (Fsp3) is 0.0952. The highest BCUT2D eigenvalue weighted by Crippen LogP contribution is 2.17. The Balaban J connectivity index is 1.82. The van der Waals surface area contributed by atoms with Crippen LogP contribution in [-0.2, 0) is 0 Å². The van der Waals surface area contributed by atoms with Gasteiger partial charge in [-0.25, -0.2) is 4.39 Å². The molecule has 27 heavy (non-hydrogen) atoms. The molecule has 0 unspecified atom stereocenters. The van der Waals surface area contributed by atoms with Crippen LogP contribution in [0.2, 0.25) is 0 Å². The van der Waals surface area contributed by atoms with Crippen molar-refractivity contribution in [3.05, 3.63) is 90.0 Å². The van der Waals surface area contributed by atoms with Crippen LogP contribution in [0.5, 0.6) is 0 Å². The van der Waals surface area contributed by atoms with Gasteiger partial charge < -0.3 is 10.2 Å². The Morgan fingerprint density at radius 1 is 1.00 bits per heavy atom. The van der Waals surface area contributed by atoms with Gasteiger partial charge in [0.2, 0.25) is 0 Å². The summed E-state index contributed by atoms with van der Waals surface area (Å²) in [4.78, 5) is 30.9. The zero-order valence-corrected chi connectivity index (χ0v) is 14.7. The van der Waals surface area contributed by atoms with Crippen molar-refractivity contribution in [2.45, 2.75) is 6.92 Å². The molecule has 0 aliphatic heterocycles. The number of pyridine rings is 1. The number of benzene rings is 2. The zero-order chi connectivity index (χ0) is 19.2. The Morgan fingerprint density at radius 2 is 1.74 bits per heavy atom. The normalized spacial score (nSPS) is 10.3. The monoisotopic (exact) mass is 363 g/mol. The minimum atomic E-state index is -0.467. The molecule has 0 spiro atoms. The third kappa shape index (κ3) is 4.36. The van der Waals surface area contributed by atoms with E-state index in [4.69, 9.17) is 0 Å². The van der Waals surface area contributed by atoms with Crippen LogP contribution in [-0.4, -0.2) is 23.3 Å². The number of nitrogens with one attached hydrogen (secondary N) is 1. The average molecular weight is 363 g/mol. The Hall–Kier alpha value is -3.54. The lowest BCUT2D eigenvalue weighted by molar-refractivity contribution is 0.0988. The standard InChI is InChI=1S/C21H18FN3O2/c1-2-25(19-9-4-3-5-10-19)21(27)16-11-15(13-23-14-16)20(26)24-18-8-6-7-17(22)12-18/h3-14H,2H2,1H3,(H,24,26). The highest BCUT2D eigenvalue weighted by atomic mass is 19.1. The molecule has 1 heterocycles. The summed E-state index contributed by atoms with van der Waals surface area (Å²) in [7, 11) is 0. The van der Waals surface area contributed by atoms with Gasteiger partial charge in [0.15, 0.2) is 0 Å². The van der Waals surface area contributed by atoms with Crippen molar-refractivity contribution in [2.24, 2.45) is 0 Å². The summed E-state index contributed by atoms with van der Waals surface area (Å²) < 4.78 is 13.3. The summed E-state index contributed by atoms with van der Waals surface area (Å²) in [6, 6.07) is 16.3. The van der Waals surface area contributed by atoms with Crippen LogP contribution in [0.15, 0.2) is 73.1 Å². The second-order valence-corrected chi connectivity index (χ2v) is 5.81. The van der Waals surface area contributed by atoms with E-state index in [2.05, 4.69) is 10.3 Å². The number of carbonyl (C=O) groups is 2. The number of amides is 2. The summed E-state index contributed by atoms with van der Waals surface area (Å²) in [5.41, 5.74) is 1.61. The van der Waals surface area contributed by atoms with Crippen LogP contribution in [0.1, 0.15) is 27.6 Å². The van der Waals surface area contributed by atoms with Crippen molar-refractivity contribution < 1.29 is 14.0 Å². The number of hydrogen-bond donors (Lipinski definition) is 1.